The Morgan fingerprint density at radius 2 is 1.57 bits per heavy atom. The zero-order valence-electron chi connectivity index (χ0n) is 9.28. The van der Waals surface area contributed by atoms with Gasteiger partial charge in [0.2, 0.25) is 0 Å². The molecular formula is C12H18O2. The van der Waals surface area contributed by atoms with Gasteiger partial charge < -0.3 is 4.74 Å². The molecule has 0 aliphatic carbocycles. The van der Waals surface area contributed by atoms with Crippen molar-refractivity contribution in [2.24, 2.45) is 0 Å². The second-order valence-corrected chi connectivity index (χ2v) is 3.35. The largest absolute Gasteiger partial charge is 0.388 e. The van der Waals surface area contributed by atoms with E-state index >= 15 is 0 Å². The third-order valence-electron chi connectivity index (χ3n) is 1.74. The molecule has 2 nitrogen and oxygen atoms in total. The molecular weight excluding hydrogens is 176 g/mol. The van der Waals surface area contributed by atoms with Gasteiger partial charge in [0.05, 0.1) is 0 Å². The average molecular weight is 194 g/mol. The molecule has 0 saturated heterocycles. The van der Waals surface area contributed by atoms with Gasteiger partial charge >= 0.3 is 0 Å². The van der Waals surface area contributed by atoms with Crippen molar-refractivity contribution in [3.8, 4) is 0 Å². The molecule has 0 N–H and O–H groups in total. The summed E-state index contributed by atoms with van der Waals surface area (Å²) in [5, 5.41) is 0. The van der Waals surface area contributed by atoms with Gasteiger partial charge in [-0.1, -0.05) is 38.1 Å². The van der Waals surface area contributed by atoms with Crippen LogP contribution in [0, 0.1) is 0 Å². The Kier molecular flexibility index (Phi) is 6.68. The highest BCUT2D eigenvalue weighted by Gasteiger charge is 1.96. The lowest BCUT2D eigenvalue weighted by molar-refractivity contribution is 0.112. The van der Waals surface area contributed by atoms with E-state index in [1.165, 1.54) is 5.56 Å². The summed E-state index contributed by atoms with van der Waals surface area (Å²) in [5.41, 5.74) is 2.02. The monoisotopic (exact) mass is 194 g/mol. The number of methoxy groups -OCH3 is 1. The summed E-state index contributed by atoms with van der Waals surface area (Å²) in [4.78, 5) is 10.3. The van der Waals surface area contributed by atoms with Crippen LogP contribution in [0.15, 0.2) is 24.3 Å². The molecule has 0 fully saturated rings. The van der Waals surface area contributed by atoms with Gasteiger partial charge in [-0.3, -0.25) is 4.79 Å². The molecule has 0 heterocycles. The maximum atomic E-state index is 10.3. The number of carbonyl (C=O) groups is 1. The Hall–Kier alpha value is -1.15. The third-order valence-corrected chi connectivity index (χ3v) is 1.74. The number of hydrogen-bond acceptors (Lipinski definition) is 2. The van der Waals surface area contributed by atoms with Gasteiger partial charge in [-0.15, -0.1) is 0 Å². The van der Waals surface area contributed by atoms with Gasteiger partial charge in [0, 0.05) is 19.8 Å². The molecule has 2 heteroatoms. The molecule has 0 aliphatic heterocycles. The highest BCUT2D eigenvalue weighted by molar-refractivity contribution is 5.74. The highest BCUT2D eigenvalue weighted by Crippen LogP contribution is 2.13. The summed E-state index contributed by atoms with van der Waals surface area (Å²) < 4.78 is 4.25. The van der Waals surface area contributed by atoms with Gasteiger partial charge in [0.25, 0.3) is 0 Å². The summed E-state index contributed by atoms with van der Waals surface area (Å²) in [6, 6.07) is 7.69. The zero-order chi connectivity index (χ0) is 11.0. The number of rotatable bonds is 2. The Balaban J connectivity index is 0.000000500. The maximum Gasteiger partial charge on any atom is 0.150 e. The van der Waals surface area contributed by atoms with Gasteiger partial charge in [-0.25, -0.2) is 0 Å². The van der Waals surface area contributed by atoms with Crippen molar-refractivity contribution in [2.45, 2.75) is 19.8 Å². The molecule has 0 aliphatic rings. The first-order valence-electron chi connectivity index (χ1n) is 4.61. The van der Waals surface area contributed by atoms with Crippen molar-refractivity contribution in [3.05, 3.63) is 35.4 Å². The van der Waals surface area contributed by atoms with Crippen LogP contribution in [0.5, 0.6) is 0 Å². The van der Waals surface area contributed by atoms with Crippen LogP contribution in [0.4, 0.5) is 0 Å². The molecule has 1 aromatic carbocycles. The fourth-order valence-corrected chi connectivity index (χ4v) is 0.959. The van der Waals surface area contributed by atoms with Crippen LogP contribution in [-0.2, 0) is 4.74 Å². The van der Waals surface area contributed by atoms with E-state index in [4.69, 9.17) is 0 Å². The molecule has 1 rings (SSSR count). The topological polar surface area (TPSA) is 26.3 Å². The molecule has 0 spiro atoms. The van der Waals surface area contributed by atoms with Gasteiger partial charge in [-0.05, 0) is 11.5 Å². The number of benzene rings is 1. The van der Waals surface area contributed by atoms with Crippen molar-refractivity contribution in [1.29, 1.82) is 0 Å². The predicted molar refractivity (Wildman–Crippen MR) is 58.9 cm³/mol. The fraction of sp³-hybridized carbons (Fsp3) is 0.417. The minimum absolute atomic E-state index is 0.538. The molecule has 0 amide bonds. The van der Waals surface area contributed by atoms with E-state index in [1.807, 2.05) is 24.3 Å². The Labute approximate surface area is 85.9 Å². The van der Waals surface area contributed by atoms with Crippen LogP contribution in [0.2, 0.25) is 0 Å². The number of ether oxygens (including phenoxy) is 1. The Morgan fingerprint density at radius 1 is 1.14 bits per heavy atom. The number of carbonyl (C=O) groups excluding carboxylic acids is 1. The normalized spacial score (nSPS) is 9.21. The van der Waals surface area contributed by atoms with E-state index in [-0.39, 0.29) is 0 Å². The molecule has 14 heavy (non-hydrogen) atoms. The summed E-state index contributed by atoms with van der Waals surface area (Å²) >= 11 is 0. The lowest BCUT2D eigenvalue weighted by Crippen LogP contribution is -1.87. The standard InChI is InChI=1S/C10H12O.C2H6O/c1-8(2)10-5-3-9(7-11)4-6-10;1-3-2/h3-8H,1-2H3;1-2H3. The SMILES string of the molecule is CC(C)c1ccc(C=O)cc1.COC. The third kappa shape index (κ3) is 4.77. The molecule has 78 valence electrons. The van der Waals surface area contributed by atoms with Crippen LogP contribution < -0.4 is 0 Å². The van der Waals surface area contributed by atoms with Gasteiger partial charge in [0.1, 0.15) is 6.29 Å². The Morgan fingerprint density at radius 3 is 1.86 bits per heavy atom. The van der Waals surface area contributed by atoms with Crippen LogP contribution in [0.3, 0.4) is 0 Å². The number of hydrogen-bond donors (Lipinski definition) is 0. The quantitative estimate of drug-likeness (QED) is 0.677. The summed E-state index contributed by atoms with van der Waals surface area (Å²) in [6.45, 7) is 4.27. The van der Waals surface area contributed by atoms with Crippen molar-refractivity contribution in [2.75, 3.05) is 14.2 Å². The minimum atomic E-state index is 0.538. The lowest BCUT2D eigenvalue weighted by Gasteiger charge is -2.03. The summed E-state index contributed by atoms with van der Waals surface area (Å²) in [7, 11) is 3.25. The lowest BCUT2D eigenvalue weighted by atomic mass is 10.0. The van der Waals surface area contributed by atoms with Crippen molar-refractivity contribution in [3.63, 3.8) is 0 Å². The van der Waals surface area contributed by atoms with E-state index in [2.05, 4.69) is 18.6 Å². The first-order chi connectivity index (χ1) is 6.65. The molecule has 1 aromatic rings. The molecule has 0 saturated carbocycles. The van der Waals surface area contributed by atoms with Crippen molar-refractivity contribution < 1.29 is 9.53 Å². The first-order valence-corrected chi connectivity index (χ1v) is 4.61. The van der Waals surface area contributed by atoms with E-state index in [0.717, 1.165) is 11.8 Å². The predicted octanol–water partition coefficient (Wildman–Crippen LogP) is 2.89. The highest BCUT2D eigenvalue weighted by atomic mass is 16.4. The van der Waals surface area contributed by atoms with Crippen LogP contribution in [0.25, 0.3) is 0 Å². The van der Waals surface area contributed by atoms with Crippen molar-refractivity contribution >= 4 is 6.29 Å². The van der Waals surface area contributed by atoms with Gasteiger partial charge in [0.15, 0.2) is 0 Å². The fourth-order valence-electron chi connectivity index (χ4n) is 0.959. The minimum Gasteiger partial charge on any atom is -0.388 e. The maximum absolute atomic E-state index is 10.3. The second-order valence-electron chi connectivity index (χ2n) is 3.35. The summed E-state index contributed by atoms with van der Waals surface area (Å²) in [5.74, 6) is 0.538. The van der Waals surface area contributed by atoms with Crippen LogP contribution >= 0.6 is 0 Å². The van der Waals surface area contributed by atoms with Crippen molar-refractivity contribution in [1.82, 2.24) is 0 Å². The molecule has 0 radical (unpaired) electrons. The van der Waals surface area contributed by atoms with E-state index < -0.39 is 0 Å². The molecule has 0 aromatic heterocycles. The summed E-state index contributed by atoms with van der Waals surface area (Å²) in [6.07, 6.45) is 0.865. The van der Waals surface area contributed by atoms with E-state index in [9.17, 15) is 4.79 Å². The molecule has 0 unspecified atom stereocenters. The van der Waals surface area contributed by atoms with Crippen LogP contribution in [-0.4, -0.2) is 20.5 Å². The average Bonchev–Trinajstić information content (AvgIpc) is 2.19. The van der Waals surface area contributed by atoms with E-state index in [1.54, 1.807) is 14.2 Å². The number of aldehydes is 1. The van der Waals surface area contributed by atoms with Gasteiger partial charge in [-0.2, -0.15) is 0 Å². The zero-order valence-corrected chi connectivity index (χ0v) is 9.28. The Bertz CT molecular complexity index is 250. The van der Waals surface area contributed by atoms with Crippen LogP contribution in [0.1, 0.15) is 35.7 Å². The molecule has 0 atom stereocenters. The second kappa shape index (κ2) is 7.27. The van der Waals surface area contributed by atoms with E-state index in [0.29, 0.717) is 5.92 Å². The molecule has 0 bridgehead atoms. The first kappa shape index (κ1) is 12.8. The smallest absolute Gasteiger partial charge is 0.150 e.